The van der Waals surface area contributed by atoms with Crippen LogP contribution in [0.25, 0.3) is 6.08 Å². The summed E-state index contributed by atoms with van der Waals surface area (Å²) in [6.45, 7) is 0. The van der Waals surface area contributed by atoms with Crippen molar-refractivity contribution in [2.24, 2.45) is 4.99 Å². The zero-order valence-electron chi connectivity index (χ0n) is 12.5. The molecule has 0 aromatic heterocycles. The Bertz CT molecular complexity index is 867. The van der Waals surface area contributed by atoms with Gasteiger partial charge < -0.3 is 10.1 Å². The van der Waals surface area contributed by atoms with Gasteiger partial charge in [-0.25, -0.2) is 4.99 Å². The van der Waals surface area contributed by atoms with Gasteiger partial charge in [0.15, 0.2) is 5.17 Å². The van der Waals surface area contributed by atoms with Crippen LogP contribution in [0.5, 0.6) is 5.75 Å². The Morgan fingerprint density at radius 3 is 2.88 bits per heavy atom. The quantitative estimate of drug-likeness (QED) is 0.707. The summed E-state index contributed by atoms with van der Waals surface area (Å²) in [5.74, 6) is 0.408. The van der Waals surface area contributed by atoms with E-state index in [1.807, 2.05) is 30.3 Å². The number of halogens is 2. The maximum absolute atomic E-state index is 12.1. The average molecular weight is 424 g/mol. The Balaban J connectivity index is 1.88. The number of carbonyl (C=O) groups is 1. The predicted molar refractivity (Wildman–Crippen MR) is 103 cm³/mol. The molecule has 1 amide bonds. The molecule has 1 aliphatic heterocycles. The molecule has 0 saturated carbocycles. The number of thioether (sulfide) groups is 1. The normalized spacial score (nSPS) is 17.4. The second-order valence-corrected chi connectivity index (χ2v) is 7.24. The lowest BCUT2D eigenvalue weighted by Crippen LogP contribution is -2.19. The van der Waals surface area contributed by atoms with E-state index in [1.54, 1.807) is 25.3 Å². The maximum atomic E-state index is 12.1. The van der Waals surface area contributed by atoms with Crippen molar-refractivity contribution in [3.63, 3.8) is 0 Å². The molecule has 4 nitrogen and oxygen atoms in total. The van der Waals surface area contributed by atoms with Crippen molar-refractivity contribution < 1.29 is 9.53 Å². The highest BCUT2D eigenvalue weighted by Gasteiger charge is 2.24. The van der Waals surface area contributed by atoms with E-state index in [0.29, 0.717) is 26.5 Å². The number of aliphatic imine (C=N–C) groups is 1. The van der Waals surface area contributed by atoms with Crippen LogP contribution in [-0.2, 0) is 4.79 Å². The van der Waals surface area contributed by atoms with Gasteiger partial charge in [0.2, 0.25) is 0 Å². The fourth-order valence-corrected chi connectivity index (χ4v) is 3.51. The number of rotatable bonds is 3. The first-order valence-electron chi connectivity index (χ1n) is 6.94. The summed E-state index contributed by atoms with van der Waals surface area (Å²) < 4.78 is 6.22. The van der Waals surface area contributed by atoms with Crippen LogP contribution in [0.4, 0.5) is 5.69 Å². The predicted octanol–water partition coefficient (Wildman–Crippen LogP) is 5.00. The number of hydrogen-bond donors (Lipinski definition) is 1. The molecule has 3 rings (SSSR count). The highest BCUT2D eigenvalue weighted by atomic mass is 79.9. The third-order valence-electron chi connectivity index (χ3n) is 3.16. The zero-order valence-corrected chi connectivity index (χ0v) is 15.7. The van der Waals surface area contributed by atoms with Crippen molar-refractivity contribution in [2.45, 2.75) is 0 Å². The lowest BCUT2D eigenvalue weighted by Gasteiger charge is -2.05. The highest BCUT2D eigenvalue weighted by Crippen LogP contribution is 2.34. The molecule has 0 aliphatic carbocycles. The van der Waals surface area contributed by atoms with E-state index < -0.39 is 0 Å². The zero-order chi connectivity index (χ0) is 17.1. The number of amides is 1. The average Bonchev–Trinajstić information content (AvgIpc) is 2.87. The standard InChI is InChI=1S/C17H12BrClN2O2S/c1-23-14-6-5-12(19)9-13(14)20-17-21-16(22)15(24-17)8-10-3-2-4-11(18)7-10/h2-9H,1H3,(H,20,21,22)/b15-8-. The molecule has 1 aliphatic rings. The molecule has 1 fully saturated rings. The summed E-state index contributed by atoms with van der Waals surface area (Å²) in [5, 5.41) is 3.79. The smallest absolute Gasteiger partial charge is 0.264 e. The fraction of sp³-hybridized carbons (Fsp3) is 0.0588. The Hall–Kier alpha value is -1.76. The van der Waals surface area contributed by atoms with E-state index in [2.05, 4.69) is 26.2 Å². The summed E-state index contributed by atoms with van der Waals surface area (Å²) in [4.78, 5) is 17.1. The number of hydrogen-bond acceptors (Lipinski definition) is 4. The Morgan fingerprint density at radius 1 is 1.29 bits per heavy atom. The molecule has 7 heteroatoms. The van der Waals surface area contributed by atoms with Gasteiger partial charge in [0.05, 0.1) is 12.0 Å². The van der Waals surface area contributed by atoms with E-state index in [0.717, 1.165) is 10.0 Å². The number of amidine groups is 1. The number of ether oxygens (including phenoxy) is 1. The van der Waals surface area contributed by atoms with Crippen LogP contribution in [0.1, 0.15) is 5.56 Å². The monoisotopic (exact) mass is 422 g/mol. The van der Waals surface area contributed by atoms with Gasteiger partial charge in [-0.15, -0.1) is 0 Å². The molecule has 2 aromatic rings. The summed E-state index contributed by atoms with van der Waals surface area (Å²) in [6.07, 6.45) is 1.82. The van der Waals surface area contributed by atoms with Crippen molar-refractivity contribution in [2.75, 3.05) is 7.11 Å². The summed E-state index contributed by atoms with van der Waals surface area (Å²) in [5.41, 5.74) is 1.50. The Morgan fingerprint density at radius 2 is 2.12 bits per heavy atom. The summed E-state index contributed by atoms with van der Waals surface area (Å²) in [6, 6.07) is 12.9. The lowest BCUT2D eigenvalue weighted by atomic mass is 10.2. The van der Waals surface area contributed by atoms with Crippen LogP contribution < -0.4 is 10.1 Å². The van der Waals surface area contributed by atoms with Crippen LogP contribution in [0.15, 0.2) is 56.8 Å². The third kappa shape index (κ3) is 4.01. The molecule has 0 radical (unpaired) electrons. The third-order valence-corrected chi connectivity index (χ3v) is 4.80. The van der Waals surface area contributed by atoms with Crippen molar-refractivity contribution in [3.8, 4) is 5.75 Å². The van der Waals surface area contributed by atoms with Gasteiger partial charge in [-0.3, -0.25) is 4.79 Å². The minimum absolute atomic E-state index is 0.181. The first-order chi connectivity index (χ1) is 11.5. The van der Waals surface area contributed by atoms with Crippen molar-refractivity contribution in [3.05, 3.63) is 62.4 Å². The largest absolute Gasteiger partial charge is 0.494 e. The molecule has 1 heterocycles. The molecule has 24 heavy (non-hydrogen) atoms. The van der Waals surface area contributed by atoms with Gasteiger partial charge >= 0.3 is 0 Å². The minimum Gasteiger partial charge on any atom is -0.494 e. The minimum atomic E-state index is -0.181. The van der Waals surface area contributed by atoms with E-state index >= 15 is 0 Å². The number of benzene rings is 2. The maximum Gasteiger partial charge on any atom is 0.264 e. The summed E-state index contributed by atoms with van der Waals surface area (Å²) >= 11 is 10.7. The van der Waals surface area contributed by atoms with Gasteiger partial charge in [0, 0.05) is 9.50 Å². The van der Waals surface area contributed by atoms with Gasteiger partial charge in [-0.2, -0.15) is 0 Å². The van der Waals surface area contributed by atoms with Crippen LogP contribution in [0, 0.1) is 0 Å². The number of methoxy groups -OCH3 is 1. The Kier molecular flexibility index (Phi) is 5.28. The van der Waals surface area contributed by atoms with Crippen LogP contribution in [-0.4, -0.2) is 18.2 Å². The first kappa shape index (κ1) is 17.1. The molecule has 0 bridgehead atoms. The van der Waals surface area contributed by atoms with Crippen LogP contribution >= 0.6 is 39.3 Å². The van der Waals surface area contributed by atoms with Crippen molar-refractivity contribution in [1.29, 1.82) is 0 Å². The van der Waals surface area contributed by atoms with E-state index in [-0.39, 0.29) is 5.91 Å². The van der Waals surface area contributed by atoms with Gasteiger partial charge in [0.25, 0.3) is 5.91 Å². The second-order valence-electron chi connectivity index (χ2n) is 4.85. The molecule has 0 spiro atoms. The van der Waals surface area contributed by atoms with Crippen LogP contribution in [0.3, 0.4) is 0 Å². The highest BCUT2D eigenvalue weighted by molar-refractivity contribution is 9.10. The van der Waals surface area contributed by atoms with E-state index in [1.165, 1.54) is 11.8 Å². The SMILES string of the molecule is COc1ccc(Cl)cc1N=C1NC(=O)/C(=C/c2cccc(Br)c2)S1. The topological polar surface area (TPSA) is 50.7 Å². The fourth-order valence-electron chi connectivity index (χ4n) is 2.09. The second kappa shape index (κ2) is 7.42. The molecular weight excluding hydrogens is 412 g/mol. The molecule has 122 valence electrons. The Labute approximate surface area is 157 Å². The molecule has 0 atom stereocenters. The van der Waals surface area contributed by atoms with Crippen molar-refractivity contribution >= 4 is 62.1 Å². The first-order valence-corrected chi connectivity index (χ1v) is 8.92. The van der Waals surface area contributed by atoms with Gasteiger partial charge in [-0.1, -0.05) is 39.7 Å². The molecule has 0 unspecified atom stereocenters. The number of nitrogens with zero attached hydrogens (tertiary/aromatic N) is 1. The van der Waals surface area contributed by atoms with Crippen molar-refractivity contribution in [1.82, 2.24) is 5.32 Å². The number of nitrogens with one attached hydrogen (secondary N) is 1. The molecule has 1 N–H and O–H groups in total. The van der Waals surface area contributed by atoms with E-state index in [4.69, 9.17) is 16.3 Å². The molecular formula is C17H12BrClN2O2S. The lowest BCUT2D eigenvalue weighted by molar-refractivity contribution is -0.115. The number of carbonyl (C=O) groups excluding carboxylic acids is 1. The van der Waals surface area contributed by atoms with Gasteiger partial charge in [0.1, 0.15) is 11.4 Å². The summed E-state index contributed by atoms with van der Waals surface area (Å²) in [7, 11) is 1.56. The van der Waals surface area contributed by atoms with E-state index in [9.17, 15) is 4.79 Å². The molecule has 2 aromatic carbocycles. The van der Waals surface area contributed by atoms with Crippen LogP contribution in [0.2, 0.25) is 5.02 Å². The molecule has 1 saturated heterocycles. The van der Waals surface area contributed by atoms with Gasteiger partial charge in [-0.05, 0) is 53.7 Å².